The molecule has 4 rings (SSSR count). The molecule has 0 aliphatic carbocycles. The maximum Gasteiger partial charge on any atom is 0.270 e. The normalized spacial score (nSPS) is 15.3. The van der Waals surface area contributed by atoms with Crippen molar-refractivity contribution in [3.8, 4) is 0 Å². The summed E-state index contributed by atoms with van der Waals surface area (Å²) in [5.74, 6) is -1.09. The Morgan fingerprint density at radius 1 is 0.935 bits per heavy atom. The van der Waals surface area contributed by atoms with Crippen LogP contribution in [0.4, 0.5) is 5.69 Å². The Bertz CT molecular complexity index is 1270. The lowest BCUT2D eigenvalue weighted by molar-refractivity contribution is -0.122. The summed E-state index contributed by atoms with van der Waals surface area (Å²) in [6, 6.07) is 20.1. The summed E-state index contributed by atoms with van der Waals surface area (Å²) in [5, 5.41) is 3.12. The molecule has 1 saturated heterocycles. The monoisotopic (exact) mass is 465 g/mol. The summed E-state index contributed by atoms with van der Waals surface area (Å²) < 4.78 is 2.41. The van der Waals surface area contributed by atoms with Crippen LogP contribution in [0.3, 0.4) is 0 Å². The zero-order valence-corrected chi connectivity index (χ0v) is 18.5. The number of amides is 2. The molecule has 1 aromatic heterocycles. The van der Waals surface area contributed by atoms with Gasteiger partial charge in [-0.25, -0.2) is 0 Å². The van der Waals surface area contributed by atoms with E-state index in [0.29, 0.717) is 27.5 Å². The number of rotatable bonds is 4. The number of anilines is 1. The second-order valence-corrected chi connectivity index (χ2v) is 8.03. The first kappa shape index (κ1) is 21.1. The third-order valence-electron chi connectivity index (χ3n) is 4.73. The molecule has 8 heteroatoms. The zero-order chi connectivity index (χ0) is 22.0. The molecule has 1 fully saturated rings. The van der Waals surface area contributed by atoms with Gasteiger partial charge in [0.2, 0.25) is 0 Å². The van der Waals surface area contributed by atoms with Crippen LogP contribution in [0.2, 0.25) is 5.02 Å². The number of pyridine rings is 1. The summed E-state index contributed by atoms with van der Waals surface area (Å²) in [5.41, 5.74) is 2.15. The summed E-state index contributed by atoms with van der Waals surface area (Å²) in [6.07, 6.45) is 3.38. The van der Waals surface area contributed by atoms with E-state index in [1.54, 1.807) is 30.3 Å². The first-order valence-corrected chi connectivity index (χ1v) is 10.5. The van der Waals surface area contributed by atoms with Gasteiger partial charge in [-0.15, -0.1) is 0 Å². The minimum absolute atomic E-state index is 0.0141. The third-order valence-corrected chi connectivity index (χ3v) is 5.74. The molecule has 0 spiro atoms. The number of aromatic nitrogens is 1. The number of benzene rings is 2. The highest BCUT2D eigenvalue weighted by molar-refractivity contribution is 7.80. The molecule has 2 aromatic carbocycles. The Hall–Kier alpha value is -3.13. The minimum Gasteiger partial charge on any atom is -0.334 e. The van der Waals surface area contributed by atoms with Crippen LogP contribution in [0.25, 0.3) is 6.08 Å². The lowest BCUT2D eigenvalue weighted by Gasteiger charge is -2.29. The van der Waals surface area contributed by atoms with Crippen molar-refractivity contribution in [3.63, 3.8) is 0 Å². The van der Waals surface area contributed by atoms with E-state index >= 15 is 0 Å². The molecule has 3 aromatic rings. The van der Waals surface area contributed by atoms with Crippen LogP contribution in [-0.4, -0.2) is 21.5 Å². The molecular weight excluding hydrogens is 450 g/mol. The number of carbonyl (C=O) groups excluding carboxylic acids is 2. The average molecular weight is 466 g/mol. The van der Waals surface area contributed by atoms with Crippen LogP contribution in [-0.2, 0) is 16.1 Å². The fourth-order valence-corrected chi connectivity index (χ4v) is 3.87. The minimum atomic E-state index is -0.562. The number of hydrogen-bond acceptors (Lipinski definition) is 4. The Morgan fingerprint density at radius 2 is 1.65 bits per heavy atom. The first-order valence-electron chi connectivity index (χ1n) is 9.34. The number of halogens is 1. The van der Waals surface area contributed by atoms with Crippen molar-refractivity contribution in [2.75, 3.05) is 4.90 Å². The molecule has 31 heavy (non-hydrogen) atoms. The SMILES string of the molecule is O=C1NC(=S)N(c2ccc(Cl)cc2)C(=O)C1=Cc1cccn(Cc2ccccc2)c1=S. The quantitative estimate of drug-likeness (QED) is 0.343. The predicted octanol–water partition coefficient (Wildman–Crippen LogP) is 4.75. The Kier molecular flexibility index (Phi) is 6.08. The smallest absolute Gasteiger partial charge is 0.270 e. The van der Waals surface area contributed by atoms with Gasteiger partial charge in [-0.05, 0) is 54.2 Å². The number of carbonyl (C=O) groups is 2. The molecule has 0 bridgehead atoms. The van der Waals surface area contributed by atoms with Crippen LogP contribution >= 0.6 is 36.0 Å². The van der Waals surface area contributed by atoms with Gasteiger partial charge in [0.1, 0.15) is 10.2 Å². The van der Waals surface area contributed by atoms with E-state index < -0.39 is 11.8 Å². The highest BCUT2D eigenvalue weighted by atomic mass is 35.5. The van der Waals surface area contributed by atoms with E-state index in [4.69, 9.17) is 36.0 Å². The van der Waals surface area contributed by atoms with Crippen molar-refractivity contribution < 1.29 is 9.59 Å². The largest absolute Gasteiger partial charge is 0.334 e. The van der Waals surface area contributed by atoms with Crippen LogP contribution in [0.1, 0.15) is 11.1 Å². The van der Waals surface area contributed by atoms with Crippen molar-refractivity contribution in [1.82, 2.24) is 9.88 Å². The number of hydrogen-bond donors (Lipinski definition) is 1. The van der Waals surface area contributed by atoms with Crippen molar-refractivity contribution in [2.24, 2.45) is 0 Å². The summed E-state index contributed by atoms with van der Waals surface area (Å²) in [4.78, 5) is 27.0. The summed E-state index contributed by atoms with van der Waals surface area (Å²) >= 11 is 16.8. The van der Waals surface area contributed by atoms with Gasteiger partial charge in [-0.1, -0.05) is 60.2 Å². The number of thiocarbonyl (C=S) groups is 1. The van der Waals surface area contributed by atoms with E-state index in [-0.39, 0.29) is 10.7 Å². The van der Waals surface area contributed by atoms with Gasteiger partial charge in [0.05, 0.1) is 5.69 Å². The molecule has 154 valence electrons. The van der Waals surface area contributed by atoms with Gasteiger partial charge in [0, 0.05) is 23.3 Å². The lowest BCUT2D eigenvalue weighted by atomic mass is 10.1. The highest BCUT2D eigenvalue weighted by Gasteiger charge is 2.34. The van der Waals surface area contributed by atoms with E-state index in [0.717, 1.165) is 5.56 Å². The van der Waals surface area contributed by atoms with Crippen LogP contribution in [0, 0.1) is 4.64 Å². The Morgan fingerprint density at radius 3 is 2.35 bits per heavy atom. The standard InChI is InChI=1S/C23H16ClN3O2S2/c24-17-8-10-18(11-9-17)27-21(29)19(20(28)25-23(27)31)13-16-7-4-12-26(22(16)30)14-15-5-2-1-3-6-15/h1-13H,14H2,(H,25,28,31). The maximum atomic E-state index is 13.2. The Balaban J connectivity index is 1.70. The van der Waals surface area contributed by atoms with Crippen molar-refractivity contribution in [1.29, 1.82) is 0 Å². The molecule has 1 N–H and O–H groups in total. The van der Waals surface area contributed by atoms with Crippen molar-refractivity contribution in [2.45, 2.75) is 6.54 Å². The fraction of sp³-hybridized carbons (Fsp3) is 0.0435. The summed E-state index contributed by atoms with van der Waals surface area (Å²) in [6.45, 7) is 0.581. The van der Waals surface area contributed by atoms with Gasteiger partial charge in [0.15, 0.2) is 5.11 Å². The van der Waals surface area contributed by atoms with E-state index in [1.807, 2.05) is 47.2 Å². The van der Waals surface area contributed by atoms with Crippen molar-refractivity contribution in [3.05, 3.63) is 99.3 Å². The Labute approximate surface area is 194 Å². The van der Waals surface area contributed by atoms with Crippen molar-refractivity contribution >= 4 is 64.7 Å². The predicted molar refractivity (Wildman–Crippen MR) is 128 cm³/mol. The fourth-order valence-electron chi connectivity index (χ4n) is 3.21. The van der Waals surface area contributed by atoms with Gasteiger partial charge >= 0.3 is 0 Å². The van der Waals surface area contributed by atoms with Gasteiger partial charge in [-0.3, -0.25) is 19.8 Å². The molecule has 2 heterocycles. The second-order valence-electron chi connectivity index (χ2n) is 6.82. The number of nitrogens with zero attached hydrogens (tertiary/aromatic N) is 2. The highest BCUT2D eigenvalue weighted by Crippen LogP contribution is 2.24. The molecule has 1 aliphatic rings. The maximum absolute atomic E-state index is 13.2. The lowest BCUT2D eigenvalue weighted by Crippen LogP contribution is -2.54. The molecule has 0 saturated carbocycles. The van der Waals surface area contributed by atoms with E-state index in [9.17, 15) is 9.59 Å². The molecule has 2 amide bonds. The average Bonchev–Trinajstić information content (AvgIpc) is 2.75. The second kappa shape index (κ2) is 8.93. The summed E-state index contributed by atoms with van der Waals surface area (Å²) in [7, 11) is 0. The van der Waals surface area contributed by atoms with E-state index in [2.05, 4.69) is 5.32 Å². The molecular formula is C23H16ClN3O2S2. The molecule has 0 unspecified atom stereocenters. The van der Waals surface area contributed by atoms with Gasteiger partial charge in [-0.2, -0.15) is 0 Å². The topological polar surface area (TPSA) is 54.3 Å². The third kappa shape index (κ3) is 4.49. The molecule has 0 radical (unpaired) electrons. The molecule has 1 aliphatic heterocycles. The van der Waals surface area contributed by atoms with Crippen LogP contribution in [0.5, 0.6) is 0 Å². The van der Waals surface area contributed by atoms with E-state index in [1.165, 1.54) is 11.0 Å². The number of nitrogens with one attached hydrogen (secondary N) is 1. The van der Waals surface area contributed by atoms with Crippen LogP contribution < -0.4 is 10.2 Å². The first-order chi connectivity index (χ1) is 14.9. The van der Waals surface area contributed by atoms with Gasteiger partial charge in [0.25, 0.3) is 11.8 Å². The molecule has 0 atom stereocenters. The van der Waals surface area contributed by atoms with Gasteiger partial charge < -0.3 is 4.57 Å². The molecule has 5 nitrogen and oxygen atoms in total. The zero-order valence-electron chi connectivity index (χ0n) is 16.1. The van der Waals surface area contributed by atoms with Crippen LogP contribution in [0.15, 0.2) is 78.5 Å².